The van der Waals surface area contributed by atoms with Crippen molar-refractivity contribution in [3.05, 3.63) is 29.8 Å². The number of hydrogen-bond donors (Lipinski definition) is 1. The van der Waals surface area contributed by atoms with Crippen molar-refractivity contribution >= 4 is 28.9 Å². The average Bonchev–Trinajstić information content (AvgIpc) is 2.63. The maximum atomic E-state index is 11.6. The van der Waals surface area contributed by atoms with Gasteiger partial charge in [0.15, 0.2) is 5.11 Å². The number of thiocarbonyl (C=S) groups is 1. The van der Waals surface area contributed by atoms with E-state index in [9.17, 15) is 4.79 Å². The fourth-order valence-corrected chi connectivity index (χ4v) is 3.76. The number of hydrogen-bond acceptors (Lipinski definition) is 2. The Morgan fingerprint density at radius 3 is 2.56 bits per heavy atom. The Morgan fingerprint density at radius 2 is 1.96 bits per heavy atom. The number of rotatable bonds is 6. The highest BCUT2D eigenvalue weighted by Gasteiger charge is 2.27. The van der Waals surface area contributed by atoms with Crippen molar-refractivity contribution in [1.82, 2.24) is 9.80 Å². The number of unbranched alkanes of at least 4 members (excludes halogenated alkanes) is 1. The lowest BCUT2D eigenvalue weighted by atomic mass is 10.0. The van der Waals surface area contributed by atoms with Crippen molar-refractivity contribution in [1.29, 1.82) is 0 Å². The van der Waals surface area contributed by atoms with E-state index >= 15 is 0 Å². The summed E-state index contributed by atoms with van der Waals surface area (Å²) in [5.41, 5.74) is 2.39. The molecule has 0 unspecified atom stereocenters. The quantitative estimate of drug-likeness (QED) is 0.775. The van der Waals surface area contributed by atoms with Gasteiger partial charge in [-0.05, 0) is 49.5 Å². The van der Waals surface area contributed by atoms with E-state index in [0.717, 1.165) is 62.5 Å². The Morgan fingerprint density at radius 1 is 1.28 bits per heavy atom. The van der Waals surface area contributed by atoms with E-state index in [0.29, 0.717) is 6.04 Å². The monoisotopic (exact) mass is 361 g/mol. The third-order valence-electron chi connectivity index (χ3n) is 5.00. The second-order valence-corrected chi connectivity index (χ2v) is 7.11. The number of piperidine rings is 1. The number of nitrogens with zero attached hydrogens (tertiary/aromatic N) is 2. The molecule has 0 aromatic heterocycles. The molecular weight excluding hydrogens is 330 g/mol. The molecule has 1 aromatic carbocycles. The first kappa shape index (κ1) is 19.7. The number of aryl methyl sites for hydroxylation is 1. The molecule has 0 atom stereocenters. The van der Waals surface area contributed by atoms with Crippen molar-refractivity contribution in [3.63, 3.8) is 0 Å². The van der Waals surface area contributed by atoms with Crippen LogP contribution in [0.5, 0.6) is 0 Å². The van der Waals surface area contributed by atoms with Gasteiger partial charge in [0.25, 0.3) is 0 Å². The number of anilines is 1. The van der Waals surface area contributed by atoms with Gasteiger partial charge in [-0.25, -0.2) is 0 Å². The van der Waals surface area contributed by atoms with Crippen molar-refractivity contribution in [2.75, 3.05) is 25.0 Å². The van der Waals surface area contributed by atoms with Crippen molar-refractivity contribution in [3.8, 4) is 0 Å². The number of para-hydroxylation sites is 1. The van der Waals surface area contributed by atoms with Gasteiger partial charge in [-0.2, -0.15) is 0 Å². The molecule has 0 spiro atoms. The molecule has 2 rings (SSSR count). The van der Waals surface area contributed by atoms with Crippen molar-refractivity contribution < 1.29 is 4.79 Å². The fraction of sp³-hybridized carbons (Fsp3) is 0.600. The second kappa shape index (κ2) is 9.76. The first-order valence-corrected chi connectivity index (χ1v) is 9.88. The van der Waals surface area contributed by atoms with Gasteiger partial charge in [0.2, 0.25) is 5.91 Å². The van der Waals surface area contributed by atoms with Crippen LogP contribution in [0.1, 0.15) is 52.0 Å². The molecule has 5 heteroatoms. The molecule has 0 bridgehead atoms. The zero-order valence-electron chi connectivity index (χ0n) is 15.8. The maximum absolute atomic E-state index is 11.6. The highest BCUT2D eigenvalue weighted by Crippen LogP contribution is 2.21. The standard InChI is InChI=1S/C20H31N3OS/c1-4-6-13-23(18-11-14-22(15-12-18)16(3)24)20(25)21-19-10-8-7-9-17(19)5-2/h7-10,18H,4-6,11-15H2,1-3H3,(H,21,25). The lowest BCUT2D eigenvalue weighted by Gasteiger charge is -2.39. The molecule has 1 saturated heterocycles. The molecule has 25 heavy (non-hydrogen) atoms. The predicted molar refractivity (Wildman–Crippen MR) is 109 cm³/mol. The number of carbonyl (C=O) groups is 1. The third-order valence-corrected chi connectivity index (χ3v) is 5.34. The normalized spacial score (nSPS) is 15.1. The fourth-order valence-electron chi connectivity index (χ4n) is 3.41. The van der Waals surface area contributed by atoms with Gasteiger partial charge in [0.1, 0.15) is 0 Å². The predicted octanol–water partition coefficient (Wildman–Crippen LogP) is 4.06. The number of likely N-dealkylation sites (tertiary alicyclic amines) is 1. The lowest BCUT2D eigenvalue weighted by molar-refractivity contribution is -0.130. The maximum Gasteiger partial charge on any atom is 0.219 e. The van der Waals surface area contributed by atoms with Crippen molar-refractivity contribution in [2.24, 2.45) is 0 Å². The van der Waals surface area contributed by atoms with Gasteiger partial charge in [-0.3, -0.25) is 4.79 Å². The van der Waals surface area contributed by atoms with Gasteiger partial charge in [0, 0.05) is 38.3 Å². The molecule has 4 nitrogen and oxygen atoms in total. The number of nitrogens with one attached hydrogen (secondary N) is 1. The van der Waals surface area contributed by atoms with E-state index in [1.54, 1.807) is 6.92 Å². The number of benzene rings is 1. The lowest BCUT2D eigenvalue weighted by Crippen LogP contribution is -2.49. The molecule has 138 valence electrons. The van der Waals surface area contributed by atoms with E-state index < -0.39 is 0 Å². The Hall–Kier alpha value is -1.62. The molecule has 1 aliphatic heterocycles. The summed E-state index contributed by atoms with van der Waals surface area (Å²) in [5.74, 6) is 0.177. The van der Waals surface area contributed by atoms with E-state index in [-0.39, 0.29) is 5.91 Å². The first-order chi connectivity index (χ1) is 12.1. The van der Waals surface area contributed by atoms with Crippen LogP contribution >= 0.6 is 12.2 Å². The Kier molecular flexibility index (Phi) is 7.69. The van der Waals surface area contributed by atoms with Crippen LogP contribution < -0.4 is 5.32 Å². The zero-order chi connectivity index (χ0) is 18.2. The van der Waals surface area contributed by atoms with Crippen LogP contribution in [0.15, 0.2) is 24.3 Å². The summed E-state index contributed by atoms with van der Waals surface area (Å²) in [5, 5.41) is 4.29. The van der Waals surface area contributed by atoms with Crippen LogP contribution in [0.25, 0.3) is 0 Å². The minimum atomic E-state index is 0.177. The molecule has 0 aliphatic carbocycles. The highest BCUT2D eigenvalue weighted by molar-refractivity contribution is 7.80. The Bertz CT molecular complexity index is 582. The Labute approximate surface area is 157 Å². The second-order valence-electron chi connectivity index (χ2n) is 6.73. The van der Waals surface area contributed by atoms with Gasteiger partial charge in [0.05, 0.1) is 0 Å². The molecule has 1 heterocycles. The minimum Gasteiger partial charge on any atom is -0.346 e. The van der Waals surface area contributed by atoms with Crippen LogP contribution in [0.3, 0.4) is 0 Å². The molecule has 0 saturated carbocycles. The molecule has 0 radical (unpaired) electrons. The topological polar surface area (TPSA) is 35.6 Å². The summed E-state index contributed by atoms with van der Waals surface area (Å²) in [4.78, 5) is 15.9. The molecule has 1 aromatic rings. The summed E-state index contributed by atoms with van der Waals surface area (Å²) < 4.78 is 0. The molecule has 1 amide bonds. The first-order valence-electron chi connectivity index (χ1n) is 9.47. The average molecular weight is 362 g/mol. The minimum absolute atomic E-state index is 0.177. The van der Waals surface area contributed by atoms with E-state index in [2.05, 4.69) is 42.3 Å². The summed E-state index contributed by atoms with van der Waals surface area (Å²) in [7, 11) is 0. The third kappa shape index (κ3) is 5.43. The van der Waals surface area contributed by atoms with Gasteiger partial charge in [-0.15, -0.1) is 0 Å². The molecule has 1 aliphatic rings. The highest BCUT2D eigenvalue weighted by atomic mass is 32.1. The van der Waals surface area contributed by atoms with Gasteiger partial charge >= 0.3 is 0 Å². The Balaban J connectivity index is 2.06. The number of carbonyl (C=O) groups excluding carboxylic acids is 1. The molecular formula is C20H31N3OS. The SMILES string of the molecule is CCCCN(C(=S)Nc1ccccc1CC)C1CCN(C(C)=O)CC1. The van der Waals surface area contributed by atoms with E-state index in [1.807, 2.05) is 11.0 Å². The smallest absolute Gasteiger partial charge is 0.219 e. The van der Waals surface area contributed by atoms with Crippen LogP contribution in [0.4, 0.5) is 5.69 Å². The van der Waals surface area contributed by atoms with E-state index in [4.69, 9.17) is 12.2 Å². The number of amides is 1. The van der Waals surface area contributed by atoms with Crippen molar-refractivity contribution in [2.45, 2.75) is 58.9 Å². The summed E-state index contributed by atoms with van der Waals surface area (Å²) in [6.07, 6.45) is 5.24. The van der Waals surface area contributed by atoms with E-state index in [1.165, 1.54) is 5.56 Å². The zero-order valence-corrected chi connectivity index (χ0v) is 16.6. The summed E-state index contributed by atoms with van der Waals surface area (Å²) >= 11 is 5.77. The van der Waals surface area contributed by atoms with Crippen LogP contribution in [0.2, 0.25) is 0 Å². The summed E-state index contributed by atoms with van der Waals surface area (Å²) in [6.45, 7) is 8.66. The van der Waals surface area contributed by atoms with Crippen LogP contribution in [0, 0.1) is 0 Å². The summed E-state index contributed by atoms with van der Waals surface area (Å²) in [6, 6.07) is 8.77. The molecule has 1 N–H and O–H groups in total. The van der Waals surface area contributed by atoms with Crippen LogP contribution in [-0.2, 0) is 11.2 Å². The molecule has 1 fully saturated rings. The van der Waals surface area contributed by atoms with Crippen LogP contribution in [-0.4, -0.2) is 46.5 Å². The van der Waals surface area contributed by atoms with Gasteiger partial charge in [-0.1, -0.05) is 38.5 Å². The van der Waals surface area contributed by atoms with Gasteiger partial charge < -0.3 is 15.1 Å². The largest absolute Gasteiger partial charge is 0.346 e.